The summed E-state index contributed by atoms with van der Waals surface area (Å²) in [6, 6.07) is 15.0. The molecule has 0 spiro atoms. The quantitative estimate of drug-likeness (QED) is 0.563. The number of rotatable bonds is 9. The van der Waals surface area contributed by atoms with Gasteiger partial charge in [-0.05, 0) is 49.4 Å². The molecule has 0 aromatic heterocycles. The molecule has 0 saturated carbocycles. The minimum atomic E-state index is -0.768. The third-order valence-electron chi connectivity index (χ3n) is 4.28. The Morgan fingerprint density at radius 3 is 2.60 bits per heavy atom. The van der Waals surface area contributed by atoms with Crippen LogP contribution < -0.4 is 11.1 Å². The van der Waals surface area contributed by atoms with Gasteiger partial charge in [0.15, 0.2) is 0 Å². The lowest BCUT2D eigenvalue weighted by molar-refractivity contribution is 0.0997. The second-order valence-corrected chi connectivity index (χ2v) is 6.34. The number of phenols is 1. The van der Waals surface area contributed by atoms with Crippen molar-refractivity contribution in [2.75, 3.05) is 6.54 Å². The lowest BCUT2D eigenvalue weighted by Crippen LogP contribution is -2.30. The molecule has 2 atom stereocenters. The Labute approximate surface area is 148 Å². The monoisotopic (exact) mass is 342 g/mol. The largest absolute Gasteiger partial charge is 0.507 e. The predicted molar refractivity (Wildman–Crippen MR) is 98.4 cm³/mol. The smallest absolute Gasteiger partial charge is 0.252 e. The fraction of sp³-hybridized carbons (Fsp3) is 0.350. The van der Waals surface area contributed by atoms with Crippen LogP contribution in [0.3, 0.4) is 0 Å². The number of carbonyl (C=O) groups excluding carboxylic acids is 1. The van der Waals surface area contributed by atoms with Gasteiger partial charge in [0.2, 0.25) is 0 Å². The number of amides is 1. The summed E-state index contributed by atoms with van der Waals surface area (Å²) in [5.41, 5.74) is 7.12. The van der Waals surface area contributed by atoms with E-state index in [-0.39, 0.29) is 17.4 Å². The summed E-state index contributed by atoms with van der Waals surface area (Å²) in [6.07, 6.45) is 2.34. The Balaban J connectivity index is 1.78. The van der Waals surface area contributed by atoms with Crippen LogP contribution in [0.15, 0.2) is 48.5 Å². The summed E-state index contributed by atoms with van der Waals surface area (Å²) >= 11 is 0. The SMILES string of the molecule is C[C@@H](CCCc1ccccc1)NC[C@H](O)c1ccc(O)c(C(N)=O)c1. The molecule has 25 heavy (non-hydrogen) atoms. The van der Waals surface area contributed by atoms with Crippen LogP contribution in [0.1, 0.15) is 47.4 Å². The molecule has 5 heteroatoms. The maximum atomic E-state index is 11.3. The number of aliphatic hydroxyl groups is 1. The van der Waals surface area contributed by atoms with E-state index in [1.807, 2.05) is 18.2 Å². The van der Waals surface area contributed by atoms with Gasteiger partial charge in [-0.15, -0.1) is 0 Å². The molecule has 0 bridgehead atoms. The highest BCUT2D eigenvalue weighted by molar-refractivity contribution is 5.95. The second kappa shape index (κ2) is 9.20. The molecule has 2 aromatic rings. The van der Waals surface area contributed by atoms with Crippen LogP contribution in [-0.2, 0) is 6.42 Å². The van der Waals surface area contributed by atoms with Crippen LogP contribution in [0, 0.1) is 0 Å². The highest BCUT2D eigenvalue weighted by atomic mass is 16.3. The van der Waals surface area contributed by atoms with E-state index in [4.69, 9.17) is 5.73 Å². The number of aromatic hydroxyl groups is 1. The van der Waals surface area contributed by atoms with Crippen LogP contribution in [0.5, 0.6) is 5.75 Å². The lowest BCUT2D eigenvalue weighted by atomic mass is 10.0. The van der Waals surface area contributed by atoms with Crippen molar-refractivity contribution in [3.8, 4) is 5.75 Å². The number of aryl methyl sites for hydroxylation is 1. The Bertz CT molecular complexity index is 689. The summed E-state index contributed by atoms with van der Waals surface area (Å²) in [6.45, 7) is 2.46. The average Bonchev–Trinajstić information content (AvgIpc) is 2.60. The Hall–Kier alpha value is -2.37. The topological polar surface area (TPSA) is 95.6 Å². The van der Waals surface area contributed by atoms with E-state index in [0.717, 1.165) is 19.3 Å². The van der Waals surface area contributed by atoms with Gasteiger partial charge < -0.3 is 21.3 Å². The van der Waals surface area contributed by atoms with Gasteiger partial charge in [0.1, 0.15) is 5.75 Å². The molecule has 2 rings (SSSR count). The summed E-state index contributed by atoms with van der Waals surface area (Å²) in [7, 11) is 0. The Morgan fingerprint density at radius 1 is 1.20 bits per heavy atom. The number of carbonyl (C=O) groups is 1. The molecule has 1 amide bonds. The van der Waals surface area contributed by atoms with Gasteiger partial charge in [0, 0.05) is 12.6 Å². The van der Waals surface area contributed by atoms with Gasteiger partial charge >= 0.3 is 0 Å². The van der Waals surface area contributed by atoms with Crippen molar-refractivity contribution in [1.29, 1.82) is 0 Å². The first-order valence-corrected chi connectivity index (χ1v) is 8.55. The van der Waals surface area contributed by atoms with E-state index in [0.29, 0.717) is 12.1 Å². The first-order valence-electron chi connectivity index (χ1n) is 8.55. The zero-order chi connectivity index (χ0) is 18.2. The zero-order valence-corrected chi connectivity index (χ0v) is 14.5. The molecule has 0 aliphatic heterocycles. The minimum Gasteiger partial charge on any atom is -0.507 e. The van der Waals surface area contributed by atoms with Crippen molar-refractivity contribution in [2.45, 2.75) is 38.3 Å². The molecule has 0 aliphatic carbocycles. The molecule has 5 N–H and O–H groups in total. The molecule has 0 fully saturated rings. The van der Waals surface area contributed by atoms with Gasteiger partial charge in [0.25, 0.3) is 5.91 Å². The maximum absolute atomic E-state index is 11.3. The first-order chi connectivity index (χ1) is 12.0. The fourth-order valence-electron chi connectivity index (χ4n) is 2.75. The number of nitrogens with two attached hydrogens (primary N) is 1. The normalized spacial score (nSPS) is 13.4. The minimum absolute atomic E-state index is 0.0208. The Kier molecular flexibility index (Phi) is 6.98. The zero-order valence-electron chi connectivity index (χ0n) is 14.5. The van der Waals surface area contributed by atoms with Gasteiger partial charge in [-0.3, -0.25) is 4.79 Å². The second-order valence-electron chi connectivity index (χ2n) is 6.34. The number of primary amides is 1. The van der Waals surface area contributed by atoms with Crippen molar-refractivity contribution < 1.29 is 15.0 Å². The molecule has 0 unspecified atom stereocenters. The fourth-order valence-corrected chi connectivity index (χ4v) is 2.75. The van der Waals surface area contributed by atoms with Crippen LogP contribution in [0.2, 0.25) is 0 Å². The van der Waals surface area contributed by atoms with Gasteiger partial charge in [-0.2, -0.15) is 0 Å². The number of nitrogens with one attached hydrogen (secondary N) is 1. The maximum Gasteiger partial charge on any atom is 0.252 e. The van der Waals surface area contributed by atoms with E-state index >= 15 is 0 Å². The third-order valence-corrected chi connectivity index (χ3v) is 4.28. The first kappa shape index (κ1) is 19.0. The predicted octanol–water partition coefficient (Wildman–Crippen LogP) is 2.53. The van der Waals surface area contributed by atoms with Crippen molar-refractivity contribution in [1.82, 2.24) is 5.32 Å². The van der Waals surface area contributed by atoms with E-state index in [9.17, 15) is 15.0 Å². The van der Waals surface area contributed by atoms with E-state index < -0.39 is 12.0 Å². The van der Waals surface area contributed by atoms with Gasteiger partial charge in [0.05, 0.1) is 11.7 Å². The van der Waals surface area contributed by atoms with Crippen LogP contribution in [0.25, 0.3) is 0 Å². The van der Waals surface area contributed by atoms with Crippen molar-refractivity contribution in [3.63, 3.8) is 0 Å². The third kappa shape index (κ3) is 5.89. The lowest BCUT2D eigenvalue weighted by Gasteiger charge is -2.18. The molecular weight excluding hydrogens is 316 g/mol. The van der Waals surface area contributed by atoms with Crippen LogP contribution in [0.4, 0.5) is 0 Å². The standard InChI is InChI=1S/C20H26N2O3/c1-14(6-5-9-15-7-3-2-4-8-15)22-13-19(24)16-10-11-18(23)17(12-16)20(21)25/h2-4,7-8,10-12,14,19,22-24H,5-6,9,13H2,1H3,(H2,21,25)/t14-,19-/m0/s1. The molecule has 0 saturated heterocycles. The summed E-state index contributed by atoms with van der Waals surface area (Å²) < 4.78 is 0. The average molecular weight is 342 g/mol. The van der Waals surface area contributed by atoms with Crippen LogP contribution in [-0.4, -0.2) is 28.7 Å². The molecule has 0 aliphatic rings. The molecule has 5 nitrogen and oxygen atoms in total. The number of hydrogen-bond acceptors (Lipinski definition) is 4. The van der Waals surface area contributed by atoms with Crippen molar-refractivity contribution in [2.24, 2.45) is 5.73 Å². The van der Waals surface area contributed by atoms with E-state index in [2.05, 4.69) is 24.4 Å². The summed E-state index contributed by atoms with van der Waals surface area (Å²) in [5, 5.41) is 23.2. The van der Waals surface area contributed by atoms with E-state index in [1.165, 1.54) is 17.7 Å². The molecule has 0 radical (unpaired) electrons. The molecule has 2 aromatic carbocycles. The Morgan fingerprint density at radius 2 is 1.92 bits per heavy atom. The highest BCUT2D eigenvalue weighted by Crippen LogP contribution is 2.22. The number of hydrogen-bond donors (Lipinski definition) is 4. The summed E-state index contributed by atoms with van der Waals surface area (Å²) in [4.78, 5) is 11.3. The van der Waals surface area contributed by atoms with Crippen LogP contribution >= 0.6 is 0 Å². The van der Waals surface area contributed by atoms with Crippen molar-refractivity contribution >= 4 is 5.91 Å². The number of aliphatic hydroxyl groups excluding tert-OH is 1. The number of benzene rings is 2. The highest BCUT2D eigenvalue weighted by Gasteiger charge is 2.14. The molecular formula is C20H26N2O3. The molecule has 0 heterocycles. The van der Waals surface area contributed by atoms with Crippen molar-refractivity contribution in [3.05, 3.63) is 65.2 Å². The summed E-state index contributed by atoms with van der Waals surface area (Å²) in [5.74, 6) is -0.889. The molecule has 134 valence electrons. The van der Waals surface area contributed by atoms with Gasteiger partial charge in [-0.25, -0.2) is 0 Å². The van der Waals surface area contributed by atoms with E-state index in [1.54, 1.807) is 6.07 Å². The van der Waals surface area contributed by atoms with Gasteiger partial charge in [-0.1, -0.05) is 36.4 Å².